The lowest BCUT2D eigenvalue weighted by atomic mass is 9.87. The van der Waals surface area contributed by atoms with Gasteiger partial charge in [0.15, 0.2) is 6.61 Å². The number of rotatable bonds is 8. The molecule has 0 atom stereocenters. The van der Waals surface area contributed by atoms with Gasteiger partial charge >= 0.3 is 0 Å². The van der Waals surface area contributed by atoms with Crippen molar-refractivity contribution in [2.24, 2.45) is 0 Å². The fraction of sp³-hybridized carbons (Fsp3) is 0.381. The highest BCUT2D eigenvalue weighted by Crippen LogP contribution is 2.25. The van der Waals surface area contributed by atoms with Gasteiger partial charge in [0.25, 0.3) is 5.91 Å². The van der Waals surface area contributed by atoms with E-state index in [4.69, 9.17) is 14.2 Å². The summed E-state index contributed by atoms with van der Waals surface area (Å²) in [6, 6.07) is 15.1. The summed E-state index contributed by atoms with van der Waals surface area (Å²) in [5.41, 5.74) is 1.21. The second-order valence-corrected chi connectivity index (χ2v) is 6.94. The van der Waals surface area contributed by atoms with E-state index in [2.05, 4.69) is 32.2 Å². The predicted octanol–water partition coefficient (Wildman–Crippen LogP) is 3.57. The van der Waals surface area contributed by atoms with Crippen LogP contribution in [0.15, 0.2) is 48.5 Å². The zero-order valence-electron chi connectivity index (χ0n) is 15.9. The SMILES string of the molecule is COc1ccc(OCCNC(=O)COc2cccc(C(C)(C)C)c2)cc1. The Balaban J connectivity index is 1.69. The molecule has 0 unspecified atom stereocenters. The van der Waals surface area contributed by atoms with Crippen molar-refractivity contribution in [3.8, 4) is 17.2 Å². The first-order valence-electron chi connectivity index (χ1n) is 8.65. The maximum Gasteiger partial charge on any atom is 0.258 e. The molecule has 1 N–H and O–H groups in total. The fourth-order valence-electron chi connectivity index (χ4n) is 2.28. The van der Waals surface area contributed by atoms with Gasteiger partial charge in [0.1, 0.15) is 23.9 Å². The van der Waals surface area contributed by atoms with Crippen LogP contribution in [-0.2, 0) is 10.2 Å². The van der Waals surface area contributed by atoms with Crippen molar-refractivity contribution in [1.29, 1.82) is 0 Å². The summed E-state index contributed by atoms with van der Waals surface area (Å²) in [5, 5.41) is 2.78. The number of methoxy groups -OCH3 is 1. The van der Waals surface area contributed by atoms with E-state index in [1.165, 1.54) is 5.56 Å². The smallest absolute Gasteiger partial charge is 0.258 e. The number of hydrogen-bond acceptors (Lipinski definition) is 4. The summed E-state index contributed by atoms with van der Waals surface area (Å²) in [6.07, 6.45) is 0. The zero-order valence-corrected chi connectivity index (χ0v) is 15.9. The number of carbonyl (C=O) groups is 1. The zero-order chi connectivity index (χ0) is 19.0. The summed E-state index contributed by atoms with van der Waals surface area (Å²) < 4.78 is 16.2. The number of amides is 1. The molecule has 0 heterocycles. The Kier molecular flexibility index (Phi) is 6.89. The van der Waals surface area contributed by atoms with Crippen LogP contribution in [-0.4, -0.2) is 32.8 Å². The highest BCUT2D eigenvalue weighted by molar-refractivity contribution is 5.77. The largest absolute Gasteiger partial charge is 0.497 e. The van der Waals surface area contributed by atoms with Crippen LogP contribution in [0.4, 0.5) is 0 Å². The van der Waals surface area contributed by atoms with Crippen LogP contribution >= 0.6 is 0 Å². The molecular formula is C21H27NO4. The normalized spacial score (nSPS) is 10.9. The fourth-order valence-corrected chi connectivity index (χ4v) is 2.28. The Morgan fingerprint density at radius 3 is 2.31 bits per heavy atom. The third kappa shape index (κ3) is 6.31. The molecule has 1 amide bonds. The minimum Gasteiger partial charge on any atom is -0.497 e. The number of hydrogen-bond donors (Lipinski definition) is 1. The van der Waals surface area contributed by atoms with Crippen molar-refractivity contribution >= 4 is 5.91 Å². The van der Waals surface area contributed by atoms with Gasteiger partial charge in [0.05, 0.1) is 13.7 Å². The summed E-state index contributed by atoms with van der Waals surface area (Å²) >= 11 is 0. The first-order valence-corrected chi connectivity index (χ1v) is 8.65. The Labute approximate surface area is 155 Å². The lowest BCUT2D eigenvalue weighted by molar-refractivity contribution is -0.123. The molecule has 0 aliphatic carbocycles. The summed E-state index contributed by atoms with van der Waals surface area (Å²) in [5.74, 6) is 2.03. The first-order chi connectivity index (χ1) is 12.4. The number of benzene rings is 2. The molecule has 5 nitrogen and oxygen atoms in total. The first kappa shape index (κ1) is 19.6. The van der Waals surface area contributed by atoms with Crippen LogP contribution in [0, 0.1) is 0 Å². The van der Waals surface area contributed by atoms with Crippen molar-refractivity contribution < 1.29 is 19.0 Å². The number of ether oxygens (including phenoxy) is 3. The van der Waals surface area contributed by atoms with E-state index in [1.807, 2.05) is 42.5 Å². The van der Waals surface area contributed by atoms with Gasteiger partial charge in [-0.3, -0.25) is 4.79 Å². The van der Waals surface area contributed by atoms with Crippen molar-refractivity contribution in [3.05, 3.63) is 54.1 Å². The minimum atomic E-state index is -0.176. The van der Waals surface area contributed by atoms with E-state index in [-0.39, 0.29) is 17.9 Å². The van der Waals surface area contributed by atoms with Gasteiger partial charge < -0.3 is 19.5 Å². The second kappa shape index (κ2) is 9.13. The van der Waals surface area contributed by atoms with Crippen LogP contribution in [0.5, 0.6) is 17.2 Å². The van der Waals surface area contributed by atoms with E-state index in [0.29, 0.717) is 18.9 Å². The van der Waals surface area contributed by atoms with E-state index >= 15 is 0 Å². The van der Waals surface area contributed by atoms with Gasteiger partial charge in [-0.15, -0.1) is 0 Å². The van der Waals surface area contributed by atoms with E-state index in [0.717, 1.165) is 11.5 Å². The predicted molar refractivity (Wildman–Crippen MR) is 102 cm³/mol. The molecule has 0 spiro atoms. The Morgan fingerprint density at radius 1 is 0.962 bits per heavy atom. The number of nitrogens with one attached hydrogen (secondary N) is 1. The lowest BCUT2D eigenvalue weighted by Crippen LogP contribution is -2.32. The molecule has 0 saturated heterocycles. The summed E-state index contributed by atoms with van der Waals surface area (Å²) in [4.78, 5) is 11.9. The van der Waals surface area contributed by atoms with Crippen LogP contribution < -0.4 is 19.5 Å². The van der Waals surface area contributed by atoms with E-state index < -0.39 is 0 Å². The molecule has 5 heteroatoms. The Hall–Kier alpha value is -2.69. The number of carbonyl (C=O) groups excluding carboxylic acids is 1. The molecule has 140 valence electrons. The molecule has 0 saturated carbocycles. The average molecular weight is 357 g/mol. The van der Waals surface area contributed by atoms with Gasteiger partial charge in [0.2, 0.25) is 0 Å². The monoisotopic (exact) mass is 357 g/mol. The van der Waals surface area contributed by atoms with Crippen molar-refractivity contribution in [1.82, 2.24) is 5.32 Å². The highest BCUT2D eigenvalue weighted by atomic mass is 16.5. The van der Waals surface area contributed by atoms with Crippen molar-refractivity contribution in [2.75, 3.05) is 26.9 Å². The van der Waals surface area contributed by atoms with Gasteiger partial charge in [-0.2, -0.15) is 0 Å². The molecule has 2 rings (SSSR count). The van der Waals surface area contributed by atoms with Gasteiger partial charge in [-0.05, 0) is 47.4 Å². The van der Waals surface area contributed by atoms with Crippen molar-refractivity contribution in [2.45, 2.75) is 26.2 Å². The van der Waals surface area contributed by atoms with E-state index in [1.54, 1.807) is 7.11 Å². The van der Waals surface area contributed by atoms with Gasteiger partial charge in [-0.1, -0.05) is 32.9 Å². The lowest BCUT2D eigenvalue weighted by Gasteiger charge is -2.19. The minimum absolute atomic E-state index is 0.0177. The average Bonchev–Trinajstić information content (AvgIpc) is 2.63. The maximum atomic E-state index is 11.9. The summed E-state index contributed by atoms with van der Waals surface area (Å²) in [7, 11) is 1.62. The van der Waals surface area contributed by atoms with Crippen LogP contribution in [0.2, 0.25) is 0 Å². The third-order valence-corrected chi connectivity index (χ3v) is 3.82. The Morgan fingerprint density at radius 2 is 1.65 bits per heavy atom. The molecule has 0 aliphatic rings. The van der Waals surface area contributed by atoms with E-state index in [9.17, 15) is 4.79 Å². The van der Waals surface area contributed by atoms with Gasteiger partial charge in [-0.25, -0.2) is 0 Å². The van der Waals surface area contributed by atoms with Gasteiger partial charge in [0, 0.05) is 0 Å². The molecule has 0 bridgehead atoms. The topological polar surface area (TPSA) is 56.8 Å². The molecule has 0 aliphatic heterocycles. The Bertz CT molecular complexity index is 705. The highest BCUT2D eigenvalue weighted by Gasteiger charge is 2.14. The molecule has 2 aromatic rings. The van der Waals surface area contributed by atoms with Crippen LogP contribution in [0.25, 0.3) is 0 Å². The van der Waals surface area contributed by atoms with Crippen LogP contribution in [0.3, 0.4) is 0 Å². The standard InChI is InChI=1S/C21H27NO4/c1-21(2,3)16-6-5-7-19(14-16)26-15-20(23)22-12-13-25-18-10-8-17(24-4)9-11-18/h5-11,14H,12-13,15H2,1-4H3,(H,22,23). The molecule has 2 aromatic carbocycles. The third-order valence-electron chi connectivity index (χ3n) is 3.82. The van der Waals surface area contributed by atoms with Crippen LogP contribution in [0.1, 0.15) is 26.3 Å². The maximum absolute atomic E-state index is 11.9. The summed E-state index contributed by atoms with van der Waals surface area (Å²) in [6.45, 7) is 7.20. The van der Waals surface area contributed by atoms with Crippen molar-refractivity contribution in [3.63, 3.8) is 0 Å². The molecule has 0 aromatic heterocycles. The molecule has 0 radical (unpaired) electrons. The molecule has 26 heavy (non-hydrogen) atoms. The molecule has 0 fully saturated rings. The quantitative estimate of drug-likeness (QED) is 0.734. The molecular weight excluding hydrogens is 330 g/mol. The second-order valence-electron chi connectivity index (χ2n) is 6.94.